The second-order valence-corrected chi connectivity index (χ2v) is 9.22. The minimum absolute atomic E-state index is 0. The molecule has 3 aromatic carbocycles. The van der Waals surface area contributed by atoms with Gasteiger partial charge < -0.3 is 19.3 Å². The van der Waals surface area contributed by atoms with E-state index >= 15 is 0 Å². The van der Waals surface area contributed by atoms with Crippen molar-refractivity contribution in [1.29, 1.82) is 0 Å². The Bertz CT molecular complexity index is 1030. The molecule has 0 bridgehead atoms. The number of β-amino-alcohol motifs (C(OH)–C–C–N with tert-alkyl or cyclic N) is 1. The molecule has 7 heteroatoms. The molecular formula is C31H41ClN2O4. The van der Waals surface area contributed by atoms with E-state index in [-0.39, 0.29) is 18.4 Å². The SMILES string of the molecule is CCOc1cc(C(O)CN2CCN(C(c3ccccc3)c3ccccc3)CC2)cc(OCC)c1OCC.Cl. The molecule has 1 saturated heterocycles. The van der Waals surface area contributed by atoms with E-state index in [9.17, 15) is 5.11 Å². The van der Waals surface area contributed by atoms with Gasteiger partial charge in [-0.3, -0.25) is 9.80 Å². The Balaban J connectivity index is 0.00000400. The predicted molar refractivity (Wildman–Crippen MR) is 155 cm³/mol. The van der Waals surface area contributed by atoms with Crippen LogP contribution in [0.3, 0.4) is 0 Å². The van der Waals surface area contributed by atoms with E-state index in [1.807, 2.05) is 32.9 Å². The molecule has 1 atom stereocenters. The Morgan fingerprint density at radius 3 is 1.61 bits per heavy atom. The second kappa shape index (κ2) is 15.0. The standard InChI is InChI=1S/C31H40N2O4.ClH/c1-4-35-28-21-26(22-29(36-5-2)31(28)37-6-3)27(34)23-32-17-19-33(20-18-32)30(24-13-9-7-10-14-24)25-15-11-8-12-16-25;/h7-16,21-22,27,30,34H,4-6,17-20,23H2,1-3H3;1H. The molecule has 0 spiro atoms. The maximum Gasteiger partial charge on any atom is 0.203 e. The van der Waals surface area contributed by atoms with Crippen molar-refractivity contribution in [2.24, 2.45) is 0 Å². The van der Waals surface area contributed by atoms with Crippen molar-refractivity contribution >= 4 is 12.4 Å². The molecule has 206 valence electrons. The van der Waals surface area contributed by atoms with Gasteiger partial charge in [0.05, 0.1) is 32.0 Å². The fourth-order valence-corrected chi connectivity index (χ4v) is 5.04. The molecule has 1 N–H and O–H groups in total. The molecule has 1 heterocycles. The van der Waals surface area contributed by atoms with Crippen LogP contribution in [0.15, 0.2) is 72.8 Å². The van der Waals surface area contributed by atoms with E-state index in [2.05, 4.69) is 70.5 Å². The summed E-state index contributed by atoms with van der Waals surface area (Å²) in [7, 11) is 0. The number of halogens is 1. The number of piperazine rings is 1. The summed E-state index contributed by atoms with van der Waals surface area (Å²) in [5.41, 5.74) is 3.40. The number of aliphatic hydroxyl groups excluding tert-OH is 1. The summed E-state index contributed by atoms with van der Waals surface area (Å²) >= 11 is 0. The van der Waals surface area contributed by atoms with Gasteiger partial charge in [-0.1, -0.05) is 60.7 Å². The van der Waals surface area contributed by atoms with Gasteiger partial charge in [0.15, 0.2) is 11.5 Å². The lowest BCUT2D eigenvalue weighted by molar-refractivity contribution is 0.0620. The van der Waals surface area contributed by atoms with Crippen LogP contribution in [0, 0.1) is 0 Å². The Hall–Kier alpha value is -2.77. The molecule has 3 aromatic rings. The maximum atomic E-state index is 11.2. The fourth-order valence-electron chi connectivity index (χ4n) is 5.04. The Kier molecular flexibility index (Phi) is 11.7. The molecule has 1 fully saturated rings. The summed E-state index contributed by atoms with van der Waals surface area (Å²) in [6, 6.07) is 25.4. The average molecular weight is 541 g/mol. The molecule has 0 radical (unpaired) electrons. The van der Waals surface area contributed by atoms with Crippen molar-refractivity contribution in [2.45, 2.75) is 32.9 Å². The molecule has 6 nitrogen and oxygen atoms in total. The first-order valence-corrected chi connectivity index (χ1v) is 13.4. The summed E-state index contributed by atoms with van der Waals surface area (Å²) in [5, 5.41) is 11.2. The van der Waals surface area contributed by atoms with E-state index in [0.717, 1.165) is 31.7 Å². The van der Waals surface area contributed by atoms with Gasteiger partial charge in [0, 0.05) is 32.7 Å². The van der Waals surface area contributed by atoms with Crippen molar-refractivity contribution in [3.05, 3.63) is 89.5 Å². The van der Waals surface area contributed by atoms with Crippen LogP contribution in [0.4, 0.5) is 0 Å². The molecule has 0 aliphatic carbocycles. The third kappa shape index (κ3) is 7.41. The van der Waals surface area contributed by atoms with Gasteiger partial charge >= 0.3 is 0 Å². The third-order valence-electron chi connectivity index (χ3n) is 6.75. The summed E-state index contributed by atoms with van der Waals surface area (Å²) in [5.74, 6) is 1.83. The molecular weight excluding hydrogens is 500 g/mol. The van der Waals surface area contributed by atoms with Crippen LogP contribution < -0.4 is 14.2 Å². The Morgan fingerprint density at radius 1 is 0.684 bits per heavy atom. The van der Waals surface area contributed by atoms with Crippen molar-refractivity contribution in [3.8, 4) is 17.2 Å². The Labute approximate surface area is 233 Å². The number of rotatable bonds is 12. The first-order valence-electron chi connectivity index (χ1n) is 13.4. The zero-order chi connectivity index (χ0) is 26.0. The summed E-state index contributed by atoms with van der Waals surface area (Å²) < 4.78 is 17.5. The van der Waals surface area contributed by atoms with Gasteiger partial charge in [0.25, 0.3) is 0 Å². The van der Waals surface area contributed by atoms with E-state index < -0.39 is 6.10 Å². The zero-order valence-corrected chi connectivity index (χ0v) is 23.5. The van der Waals surface area contributed by atoms with Crippen LogP contribution in [-0.4, -0.2) is 67.5 Å². The van der Waals surface area contributed by atoms with Gasteiger partial charge in [-0.05, 0) is 49.6 Å². The van der Waals surface area contributed by atoms with E-state index in [1.54, 1.807) is 0 Å². The van der Waals surface area contributed by atoms with Gasteiger partial charge in [-0.15, -0.1) is 12.4 Å². The molecule has 0 aromatic heterocycles. The monoisotopic (exact) mass is 540 g/mol. The van der Waals surface area contributed by atoms with Crippen LogP contribution in [0.25, 0.3) is 0 Å². The molecule has 0 saturated carbocycles. The number of benzene rings is 3. The second-order valence-electron chi connectivity index (χ2n) is 9.22. The molecule has 1 aliphatic rings. The molecule has 4 rings (SSSR count). The first-order chi connectivity index (χ1) is 18.1. The number of hydrogen-bond acceptors (Lipinski definition) is 6. The maximum absolute atomic E-state index is 11.2. The minimum Gasteiger partial charge on any atom is -0.490 e. The van der Waals surface area contributed by atoms with Crippen LogP contribution >= 0.6 is 12.4 Å². The number of aliphatic hydroxyl groups is 1. The average Bonchev–Trinajstić information content (AvgIpc) is 2.93. The Morgan fingerprint density at radius 2 is 1.16 bits per heavy atom. The highest BCUT2D eigenvalue weighted by molar-refractivity contribution is 5.85. The van der Waals surface area contributed by atoms with Crippen molar-refractivity contribution in [2.75, 3.05) is 52.5 Å². The van der Waals surface area contributed by atoms with Gasteiger partial charge in [-0.2, -0.15) is 0 Å². The fraction of sp³-hybridized carbons (Fsp3) is 0.419. The topological polar surface area (TPSA) is 54.4 Å². The highest BCUT2D eigenvalue weighted by Gasteiger charge is 2.28. The van der Waals surface area contributed by atoms with E-state index in [0.29, 0.717) is 43.6 Å². The van der Waals surface area contributed by atoms with Crippen LogP contribution in [0.2, 0.25) is 0 Å². The van der Waals surface area contributed by atoms with Gasteiger partial charge in [0.2, 0.25) is 5.75 Å². The summed E-state index contributed by atoms with van der Waals surface area (Å²) in [6.07, 6.45) is -0.653. The quantitative estimate of drug-likeness (QED) is 0.316. The normalized spacial score (nSPS) is 15.1. The van der Waals surface area contributed by atoms with E-state index in [4.69, 9.17) is 14.2 Å². The van der Waals surface area contributed by atoms with Gasteiger partial charge in [0.1, 0.15) is 0 Å². The van der Waals surface area contributed by atoms with Crippen LogP contribution in [-0.2, 0) is 0 Å². The largest absolute Gasteiger partial charge is 0.490 e. The van der Waals surface area contributed by atoms with Crippen molar-refractivity contribution in [3.63, 3.8) is 0 Å². The first kappa shape index (κ1) is 29.8. The smallest absolute Gasteiger partial charge is 0.203 e. The van der Waals surface area contributed by atoms with Crippen LogP contribution in [0.1, 0.15) is 49.6 Å². The number of ether oxygens (including phenoxy) is 3. The van der Waals surface area contributed by atoms with Crippen molar-refractivity contribution < 1.29 is 19.3 Å². The molecule has 1 unspecified atom stereocenters. The van der Waals surface area contributed by atoms with E-state index in [1.165, 1.54) is 11.1 Å². The number of nitrogens with zero attached hydrogens (tertiary/aromatic N) is 2. The lowest BCUT2D eigenvalue weighted by Gasteiger charge is -2.40. The lowest BCUT2D eigenvalue weighted by atomic mass is 9.96. The van der Waals surface area contributed by atoms with Gasteiger partial charge in [-0.25, -0.2) is 0 Å². The molecule has 1 aliphatic heterocycles. The summed E-state index contributed by atoms with van der Waals surface area (Å²) in [4.78, 5) is 4.89. The molecule has 38 heavy (non-hydrogen) atoms. The zero-order valence-electron chi connectivity index (χ0n) is 22.7. The lowest BCUT2D eigenvalue weighted by Crippen LogP contribution is -2.48. The van der Waals surface area contributed by atoms with Crippen molar-refractivity contribution in [1.82, 2.24) is 9.80 Å². The summed E-state index contributed by atoms with van der Waals surface area (Å²) in [6.45, 7) is 11.6. The minimum atomic E-state index is -0.653. The third-order valence-corrected chi connectivity index (χ3v) is 6.75. The predicted octanol–water partition coefficient (Wildman–Crippen LogP) is 5.75. The highest BCUT2D eigenvalue weighted by atomic mass is 35.5. The molecule has 0 amide bonds. The number of hydrogen-bond donors (Lipinski definition) is 1. The van der Waals surface area contributed by atoms with Crippen LogP contribution in [0.5, 0.6) is 17.2 Å². The highest BCUT2D eigenvalue weighted by Crippen LogP contribution is 2.41.